The lowest BCUT2D eigenvalue weighted by molar-refractivity contribution is -0.117. The molecule has 0 atom stereocenters. The fourth-order valence-electron chi connectivity index (χ4n) is 2.50. The molecule has 0 unspecified atom stereocenters. The second kappa shape index (κ2) is 9.40. The molecule has 0 aliphatic rings. The maximum Gasteiger partial charge on any atom is 0.262 e. The number of nitrogens with zero attached hydrogens (tertiary/aromatic N) is 1. The number of hydrogen-bond acceptors (Lipinski definition) is 4. The Morgan fingerprint density at radius 1 is 1.10 bits per heavy atom. The van der Waals surface area contributed by atoms with Crippen molar-refractivity contribution in [2.75, 3.05) is 5.32 Å². The number of carbonyl (C=O) groups is 2. The summed E-state index contributed by atoms with van der Waals surface area (Å²) < 4.78 is 5.15. The van der Waals surface area contributed by atoms with E-state index >= 15 is 0 Å². The van der Waals surface area contributed by atoms with Gasteiger partial charge in [0.2, 0.25) is 0 Å². The summed E-state index contributed by atoms with van der Waals surface area (Å²) in [7, 11) is 0. The molecule has 3 aromatic rings. The number of anilines is 1. The monoisotopic (exact) mass is 405 g/mol. The Kier molecular flexibility index (Phi) is 6.46. The average Bonchev–Trinajstić information content (AvgIpc) is 3.24. The predicted octanol–water partition coefficient (Wildman–Crippen LogP) is 4.41. The van der Waals surface area contributed by atoms with Crippen LogP contribution in [0.3, 0.4) is 0 Å². The molecule has 0 bridgehead atoms. The largest absolute Gasteiger partial charge is 0.467 e. The van der Waals surface area contributed by atoms with E-state index in [1.807, 2.05) is 6.07 Å². The van der Waals surface area contributed by atoms with Gasteiger partial charge in [-0.2, -0.15) is 5.26 Å². The van der Waals surface area contributed by atoms with Crippen molar-refractivity contribution in [1.82, 2.24) is 5.32 Å². The van der Waals surface area contributed by atoms with Crippen LogP contribution in [-0.2, 0) is 11.3 Å². The van der Waals surface area contributed by atoms with Gasteiger partial charge in [0, 0.05) is 16.3 Å². The molecule has 0 spiro atoms. The molecule has 0 aliphatic heterocycles. The molecule has 1 aromatic heterocycles. The van der Waals surface area contributed by atoms with E-state index in [4.69, 9.17) is 16.0 Å². The summed E-state index contributed by atoms with van der Waals surface area (Å²) in [4.78, 5) is 24.6. The standard InChI is InChI=1S/C22H16ClN3O3/c23-18-8-6-16(7-9-18)22(28)26-19-4-1-3-15(12-19)11-17(13-24)21(27)25-14-20-5-2-10-29-20/h1-12H,14H2,(H,25,27)(H,26,28)/b17-11+. The van der Waals surface area contributed by atoms with E-state index in [2.05, 4.69) is 10.6 Å². The van der Waals surface area contributed by atoms with E-state index in [-0.39, 0.29) is 18.0 Å². The molecule has 3 rings (SSSR count). The molecule has 0 fully saturated rings. The van der Waals surface area contributed by atoms with Crippen molar-refractivity contribution in [3.05, 3.63) is 94.4 Å². The van der Waals surface area contributed by atoms with Crippen LogP contribution in [0.15, 0.2) is 76.9 Å². The maximum atomic E-state index is 12.3. The van der Waals surface area contributed by atoms with Crippen LogP contribution in [0.25, 0.3) is 6.08 Å². The van der Waals surface area contributed by atoms with Gasteiger partial charge in [0.1, 0.15) is 17.4 Å². The van der Waals surface area contributed by atoms with E-state index in [0.717, 1.165) is 0 Å². The predicted molar refractivity (Wildman–Crippen MR) is 110 cm³/mol. The first kappa shape index (κ1) is 19.9. The highest BCUT2D eigenvalue weighted by atomic mass is 35.5. The van der Waals surface area contributed by atoms with Crippen molar-refractivity contribution in [3.8, 4) is 6.07 Å². The van der Waals surface area contributed by atoms with E-state index < -0.39 is 5.91 Å². The van der Waals surface area contributed by atoms with Gasteiger partial charge >= 0.3 is 0 Å². The molecule has 0 aliphatic carbocycles. The summed E-state index contributed by atoms with van der Waals surface area (Å²) in [5.41, 5.74) is 1.54. The normalized spacial score (nSPS) is 10.8. The number of rotatable bonds is 6. The van der Waals surface area contributed by atoms with Crippen LogP contribution >= 0.6 is 11.6 Å². The topological polar surface area (TPSA) is 95.1 Å². The van der Waals surface area contributed by atoms with Crippen LogP contribution in [0.4, 0.5) is 5.69 Å². The molecule has 1 heterocycles. The highest BCUT2D eigenvalue weighted by molar-refractivity contribution is 6.30. The van der Waals surface area contributed by atoms with Crippen LogP contribution in [0.2, 0.25) is 5.02 Å². The zero-order valence-electron chi connectivity index (χ0n) is 15.2. The lowest BCUT2D eigenvalue weighted by Gasteiger charge is -2.07. The molecule has 2 aromatic carbocycles. The number of benzene rings is 2. The van der Waals surface area contributed by atoms with Crippen LogP contribution in [0.1, 0.15) is 21.7 Å². The highest BCUT2D eigenvalue weighted by Gasteiger charge is 2.10. The first-order chi connectivity index (χ1) is 14.0. The summed E-state index contributed by atoms with van der Waals surface area (Å²) in [5, 5.41) is 15.3. The number of amides is 2. The molecule has 7 heteroatoms. The Morgan fingerprint density at radius 2 is 1.90 bits per heavy atom. The zero-order valence-corrected chi connectivity index (χ0v) is 15.9. The van der Waals surface area contributed by atoms with Gasteiger partial charge in [-0.3, -0.25) is 9.59 Å². The van der Waals surface area contributed by atoms with Gasteiger partial charge in [-0.05, 0) is 60.2 Å². The van der Waals surface area contributed by atoms with Crippen LogP contribution in [-0.4, -0.2) is 11.8 Å². The number of carbonyl (C=O) groups excluding carboxylic acids is 2. The van der Waals surface area contributed by atoms with Gasteiger partial charge in [-0.1, -0.05) is 23.7 Å². The molecule has 6 nitrogen and oxygen atoms in total. The van der Waals surface area contributed by atoms with E-state index in [0.29, 0.717) is 27.6 Å². The Morgan fingerprint density at radius 3 is 2.59 bits per heavy atom. The van der Waals surface area contributed by atoms with Crippen molar-refractivity contribution < 1.29 is 14.0 Å². The highest BCUT2D eigenvalue weighted by Crippen LogP contribution is 2.16. The summed E-state index contributed by atoms with van der Waals surface area (Å²) in [6, 6.07) is 18.7. The Hall–Kier alpha value is -3.82. The average molecular weight is 406 g/mol. The van der Waals surface area contributed by atoms with Crippen LogP contribution in [0, 0.1) is 11.3 Å². The minimum absolute atomic E-state index is 0.0577. The zero-order chi connectivity index (χ0) is 20.6. The number of nitriles is 1. The Balaban J connectivity index is 1.69. The van der Waals surface area contributed by atoms with E-state index in [1.165, 1.54) is 12.3 Å². The quantitative estimate of drug-likeness (QED) is 0.469. The smallest absolute Gasteiger partial charge is 0.262 e. The molecule has 2 N–H and O–H groups in total. The Labute approximate surface area is 172 Å². The lowest BCUT2D eigenvalue weighted by Crippen LogP contribution is -2.23. The van der Waals surface area contributed by atoms with Crippen molar-refractivity contribution >= 4 is 35.2 Å². The summed E-state index contributed by atoms with van der Waals surface area (Å²) in [5.74, 6) is -0.221. The van der Waals surface area contributed by atoms with Gasteiger partial charge in [0.05, 0.1) is 12.8 Å². The molecule has 0 radical (unpaired) electrons. The lowest BCUT2D eigenvalue weighted by atomic mass is 10.1. The summed E-state index contributed by atoms with van der Waals surface area (Å²) in [6.45, 7) is 0.183. The minimum atomic E-state index is -0.514. The van der Waals surface area contributed by atoms with Crippen molar-refractivity contribution in [2.24, 2.45) is 0 Å². The minimum Gasteiger partial charge on any atom is -0.467 e. The fourth-order valence-corrected chi connectivity index (χ4v) is 2.63. The number of nitrogens with one attached hydrogen (secondary N) is 2. The van der Waals surface area contributed by atoms with Gasteiger partial charge < -0.3 is 15.1 Å². The van der Waals surface area contributed by atoms with Gasteiger partial charge in [-0.25, -0.2) is 0 Å². The second-order valence-corrected chi connectivity index (χ2v) is 6.45. The number of halogens is 1. The SMILES string of the molecule is N#C/C(=C\c1cccc(NC(=O)c2ccc(Cl)cc2)c1)C(=O)NCc1ccco1. The third kappa shape index (κ3) is 5.58. The van der Waals surface area contributed by atoms with Gasteiger partial charge in [0.15, 0.2) is 0 Å². The second-order valence-electron chi connectivity index (χ2n) is 6.02. The van der Waals surface area contributed by atoms with Crippen molar-refractivity contribution in [1.29, 1.82) is 5.26 Å². The maximum absolute atomic E-state index is 12.3. The third-order valence-corrected chi connectivity index (χ3v) is 4.18. The third-order valence-electron chi connectivity index (χ3n) is 3.93. The first-order valence-corrected chi connectivity index (χ1v) is 9.02. The molecule has 29 heavy (non-hydrogen) atoms. The summed E-state index contributed by atoms with van der Waals surface area (Å²) in [6.07, 6.45) is 2.96. The molecule has 2 amide bonds. The molecule has 0 saturated carbocycles. The van der Waals surface area contributed by atoms with Crippen molar-refractivity contribution in [3.63, 3.8) is 0 Å². The summed E-state index contributed by atoms with van der Waals surface area (Å²) >= 11 is 5.83. The molecular formula is C22H16ClN3O3. The first-order valence-electron chi connectivity index (χ1n) is 8.64. The number of furan rings is 1. The molecule has 144 valence electrons. The van der Waals surface area contributed by atoms with Gasteiger partial charge in [0.25, 0.3) is 11.8 Å². The fraction of sp³-hybridized carbons (Fsp3) is 0.0455. The van der Waals surface area contributed by atoms with Crippen LogP contribution in [0.5, 0.6) is 0 Å². The van der Waals surface area contributed by atoms with Crippen molar-refractivity contribution in [2.45, 2.75) is 6.54 Å². The molecular weight excluding hydrogens is 390 g/mol. The van der Waals surface area contributed by atoms with Crippen LogP contribution < -0.4 is 10.6 Å². The van der Waals surface area contributed by atoms with Gasteiger partial charge in [-0.15, -0.1) is 0 Å². The van der Waals surface area contributed by atoms with E-state index in [9.17, 15) is 14.9 Å². The number of hydrogen-bond donors (Lipinski definition) is 2. The van der Waals surface area contributed by atoms with E-state index in [1.54, 1.807) is 60.7 Å². The Bertz CT molecular complexity index is 1080. The molecule has 0 saturated heterocycles.